The van der Waals surface area contributed by atoms with Crippen molar-refractivity contribution in [2.24, 2.45) is 0 Å². The molecule has 19 heavy (non-hydrogen) atoms. The molecule has 0 amide bonds. The molecule has 1 aliphatic heterocycles. The third-order valence-corrected chi connectivity index (χ3v) is 3.82. The molecule has 0 spiro atoms. The van der Waals surface area contributed by atoms with Gasteiger partial charge in [0.15, 0.2) is 0 Å². The van der Waals surface area contributed by atoms with Gasteiger partial charge in [-0.15, -0.1) is 0 Å². The van der Waals surface area contributed by atoms with Gasteiger partial charge in [-0.2, -0.15) is 0 Å². The minimum absolute atomic E-state index is 0.410. The van der Waals surface area contributed by atoms with Gasteiger partial charge in [0.2, 0.25) is 0 Å². The highest BCUT2D eigenvalue weighted by Crippen LogP contribution is 2.22. The van der Waals surface area contributed by atoms with Gasteiger partial charge in [-0.1, -0.05) is 20.3 Å². The van der Waals surface area contributed by atoms with Gasteiger partial charge in [-0.25, -0.2) is 0 Å². The molecule has 0 saturated heterocycles. The first-order chi connectivity index (χ1) is 8.99. The van der Waals surface area contributed by atoms with E-state index in [0.717, 1.165) is 19.7 Å². The zero-order valence-electron chi connectivity index (χ0n) is 13.6. The molecule has 0 radical (unpaired) electrons. The van der Waals surface area contributed by atoms with Crippen molar-refractivity contribution < 1.29 is 4.74 Å². The maximum Gasteiger partial charge on any atom is 0.0902 e. The maximum absolute atomic E-state index is 6.09. The van der Waals surface area contributed by atoms with E-state index in [4.69, 9.17) is 4.74 Å². The summed E-state index contributed by atoms with van der Waals surface area (Å²) >= 11 is 0. The lowest BCUT2D eigenvalue weighted by atomic mass is 10.1. The molecule has 3 nitrogen and oxygen atoms in total. The highest BCUT2D eigenvalue weighted by atomic mass is 16.5. The lowest BCUT2D eigenvalue weighted by Crippen LogP contribution is -2.36. The standard InChI is InChI=1S/C16H32N2O/c1-7-9-16(8-2)19-11-15-10-17(13(3)4)12-18(15)14(5)6/h10,13-14,16H,7-9,11-12H2,1-6H3. The van der Waals surface area contributed by atoms with E-state index < -0.39 is 0 Å². The first kappa shape index (κ1) is 16.4. The molecule has 0 aromatic heterocycles. The molecule has 0 aromatic rings. The topological polar surface area (TPSA) is 15.7 Å². The second-order valence-corrected chi connectivity index (χ2v) is 6.06. The number of ether oxygens (including phenoxy) is 1. The van der Waals surface area contributed by atoms with Crippen LogP contribution in [0.4, 0.5) is 0 Å². The highest BCUT2D eigenvalue weighted by molar-refractivity contribution is 5.09. The van der Waals surface area contributed by atoms with Crippen LogP contribution in [0.2, 0.25) is 0 Å². The summed E-state index contributed by atoms with van der Waals surface area (Å²) in [4.78, 5) is 4.83. The largest absolute Gasteiger partial charge is 0.372 e. The van der Waals surface area contributed by atoms with Crippen LogP contribution < -0.4 is 0 Å². The van der Waals surface area contributed by atoms with Crippen LogP contribution >= 0.6 is 0 Å². The van der Waals surface area contributed by atoms with Crippen LogP contribution in [-0.4, -0.2) is 41.3 Å². The number of nitrogens with zero attached hydrogens (tertiary/aromatic N) is 2. The van der Waals surface area contributed by atoms with Crippen molar-refractivity contribution in [2.45, 2.75) is 79.0 Å². The number of hydrogen-bond donors (Lipinski definition) is 0. The third-order valence-electron chi connectivity index (χ3n) is 3.82. The van der Waals surface area contributed by atoms with Gasteiger partial charge >= 0.3 is 0 Å². The first-order valence-electron chi connectivity index (χ1n) is 7.84. The van der Waals surface area contributed by atoms with Gasteiger partial charge < -0.3 is 14.5 Å². The fourth-order valence-corrected chi connectivity index (χ4v) is 2.43. The van der Waals surface area contributed by atoms with E-state index in [2.05, 4.69) is 57.5 Å². The minimum atomic E-state index is 0.410. The summed E-state index contributed by atoms with van der Waals surface area (Å²) in [5.74, 6) is 0. The van der Waals surface area contributed by atoms with Crippen molar-refractivity contribution in [3.05, 3.63) is 11.9 Å². The summed E-state index contributed by atoms with van der Waals surface area (Å²) in [6, 6.07) is 1.08. The Bertz CT molecular complexity index is 286. The van der Waals surface area contributed by atoms with Gasteiger partial charge in [0.1, 0.15) is 0 Å². The average molecular weight is 268 g/mol. The van der Waals surface area contributed by atoms with E-state index in [1.807, 2.05) is 0 Å². The van der Waals surface area contributed by atoms with Crippen LogP contribution in [0.1, 0.15) is 60.8 Å². The molecular formula is C16H32N2O. The third kappa shape index (κ3) is 4.72. The summed E-state index contributed by atoms with van der Waals surface area (Å²) in [7, 11) is 0. The van der Waals surface area contributed by atoms with Gasteiger partial charge in [-0.3, -0.25) is 0 Å². The summed E-state index contributed by atoms with van der Waals surface area (Å²) < 4.78 is 6.09. The minimum Gasteiger partial charge on any atom is -0.372 e. The normalized spacial score (nSPS) is 17.6. The number of rotatable bonds is 8. The summed E-state index contributed by atoms with van der Waals surface area (Å²) in [5, 5.41) is 0. The lowest BCUT2D eigenvalue weighted by molar-refractivity contribution is 0.0462. The Balaban J connectivity index is 2.59. The van der Waals surface area contributed by atoms with Gasteiger partial charge in [0.25, 0.3) is 0 Å². The highest BCUT2D eigenvalue weighted by Gasteiger charge is 2.24. The molecule has 0 aromatic carbocycles. The second-order valence-electron chi connectivity index (χ2n) is 6.06. The molecule has 112 valence electrons. The monoisotopic (exact) mass is 268 g/mol. The van der Waals surface area contributed by atoms with Gasteiger partial charge in [0, 0.05) is 18.3 Å². The van der Waals surface area contributed by atoms with Crippen molar-refractivity contribution in [3.63, 3.8) is 0 Å². The molecule has 1 atom stereocenters. The maximum atomic E-state index is 6.09. The molecule has 1 unspecified atom stereocenters. The predicted octanol–water partition coefficient (Wildman–Crippen LogP) is 3.82. The molecule has 0 N–H and O–H groups in total. The molecule has 0 saturated carbocycles. The Morgan fingerprint density at radius 2 is 1.84 bits per heavy atom. The molecule has 1 heterocycles. The van der Waals surface area contributed by atoms with E-state index in [9.17, 15) is 0 Å². The second kappa shape index (κ2) is 7.78. The SMILES string of the molecule is CCCC(CC)OCC1=CN(C(C)C)CN1C(C)C. The zero-order valence-corrected chi connectivity index (χ0v) is 13.6. The fourth-order valence-electron chi connectivity index (χ4n) is 2.43. The quantitative estimate of drug-likeness (QED) is 0.665. The summed E-state index contributed by atoms with van der Waals surface area (Å²) in [6.45, 7) is 15.2. The van der Waals surface area contributed by atoms with E-state index in [0.29, 0.717) is 18.2 Å². The predicted molar refractivity (Wildman–Crippen MR) is 81.8 cm³/mol. The molecule has 1 rings (SSSR count). The fraction of sp³-hybridized carbons (Fsp3) is 0.875. The van der Waals surface area contributed by atoms with Crippen molar-refractivity contribution in [1.29, 1.82) is 0 Å². The molecular weight excluding hydrogens is 236 g/mol. The Kier molecular flexibility index (Phi) is 6.70. The first-order valence-corrected chi connectivity index (χ1v) is 7.84. The van der Waals surface area contributed by atoms with Crippen LogP contribution in [0.3, 0.4) is 0 Å². The Morgan fingerprint density at radius 3 is 2.32 bits per heavy atom. The van der Waals surface area contributed by atoms with Crippen LogP contribution in [0.15, 0.2) is 11.9 Å². The van der Waals surface area contributed by atoms with Crippen LogP contribution in [0.25, 0.3) is 0 Å². The van der Waals surface area contributed by atoms with Crippen LogP contribution in [0, 0.1) is 0 Å². The average Bonchev–Trinajstić information content (AvgIpc) is 2.79. The summed E-state index contributed by atoms with van der Waals surface area (Å²) in [5.41, 5.74) is 1.33. The summed E-state index contributed by atoms with van der Waals surface area (Å²) in [6.07, 6.45) is 6.16. The van der Waals surface area contributed by atoms with Crippen molar-refractivity contribution in [3.8, 4) is 0 Å². The molecule has 1 aliphatic rings. The number of hydrogen-bond acceptors (Lipinski definition) is 3. The lowest BCUT2D eigenvalue weighted by Gasteiger charge is -2.29. The molecule has 0 fully saturated rings. The smallest absolute Gasteiger partial charge is 0.0902 e. The Morgan fingerprint density at radius 1 is 1.16 bits per heavy atom. The molecule has 0 bridgehead atoms. The van der Waals surface area contributed by atoms with E-state index in [1.165, 1.54) is 18.5 Å². The van der Waals surface area contributed by atoms with Gasteiger partial charge in [0.05, 0.1) is 25.1 Å². The zero-order chi connectivity index (χ0) is 14.4. The van der Waals surface area contributed by atoms with Crippen LogP contribution in [-0.2, 0) is 4.74 Å². The Hall–Kier alpha value is -0.700. The Labute approximate surface area is 119 Å². The van der Waals surface area contributed by atoms with Gasteiger partial charge in [-0.05, 0) is 40.5 Å². The van der Waals surface area contributed by atoms with E-state index >= 15 is 0 Å². The van der Waals surface area contributed by atoms with E-state index in [-0.39, 0.29) is 0 Å². The molecule has 0 aliphatic carbocycles. The van der Waals surface area contributed by atoms with Crippen molar-refractivity contribution in [1.82, 2.24) is 9.80 Å². The van der Waals surface area contributed by atoms with Crippen molar-refractivity contribution in [2.75, 3.05) is 13.3 Å². The van der Waals surface area contributed by atoms with Crippen LogP contribution in [0.5, 0.6) is 0 Å². The van der Waals surface area contributed by atoms with Crippen molar-refractivity contribution >= 4 is 0 Å². The van der Waals surface area contributed by atoms with E-state index in [1.54, 1.807) is 0 Å². The molecule has 3 heteroatoms.